The standard InChI is InChI=1S/C11H17IN4/c1-8(13)9-2-4-16(5-3-9)11-10(12)6-14-7-15-11/h6-9H,2-5,13H2,1H3. The van der Waals surface area contributed by atoms with E-state index in [0.29, 0.717) is 12.0 Å². The van der Waals surface area contributed by atoms with Crippen molar-refractivity contribution in [3.63, 3.8) is 0 Å². The van der Waals surface area contributed by atoms with Gasteiger partial charge >= 0.3 is 0 Å². The van der Waals surface area contributed by atoms with Gasteiger partial charge in [-0.3, -0.25) is 0 Å². The Morgan fingerprint density at radius 2 is 2.19 bits per heavy atom. The first-order chi connectivity index (χ1) is 7.68. The predicted molar refractivity (Wildman–Crippen MR) is 73.3 cm³/mol. The summed E-state index contributed by atoms with van der Waals surface area (Å²) in [5, 5.41) is 0. The number of anilines is 1. The van der Waals surface area contributed by atoms with E-state index in [0.717, 1.165) is 35.3 Å². The molecule has 1 fully saturated rings. The molecule has 2 N–H and O–H groups in total. The van der Waals surface area contributed by atoms with Crippen LogP contribution in [0.4, 0.5) is 5.82 Å². The van der Waals surface area contributed by atoms with E-state index in [1.807, 2.05) is 6.20 Å². The summed E-state index contributed by atoms with van der Waals surface area (Å²) in [5.74, 6) is 1.73. The second-order valence-electron chi connectivity index (χ2n) is 4.38. The van der Waals surface area contributed by atoms with Gasteiger partial charge in [0, 0.05) is 25.3 Å². The molecule has 5 heteroatoms. The Kier molecular flexibility index (Phi) is 3.96. The third-order valence-electron chi connectivity index (χ3n) is 3.23. The molecule has 4 nitrogen and oxygen atoms in total. The smallest absolute Gasteiger partial charge is 0.145 e. The molecule has 1 atom stereocenters. The molecule has 0 spiro atoms. The maximum Gasteiger partial charge on any atom is 0.145 e. The van der Waals surface area contributed by atoms with Crippen molar-refractivity contribution in [2.75, 3.05) is 18.0 Å². The molecule has 1 saturated heterocycles. The molecule has 2 heterocycles. The van der Waals surface area contributed by atoms with Crippen molar-refractivity contribution in [2.24, 2.45) is 11.7 Å². The van der Waals surface area contributed by atoms with Crippen molar-refractivity contribution >= 4 is 28.4 Å². The molecule has 2 rings (SSSR count). The van der Waals surface area contributed by atoms with Crippen LogP contribution in [-0.4, -0.2) is 29.1 Å². The third-order valence-corrected chi connectivity index (χ3v) is 3.99. The van der Waals surface area contributed by atoms with Gasteiger partial charge in [-0.2, -0.15) is 0 Å². The molecule has 16 heavy (non-hydrogen) atoms. The van der Waals surface area contributed by atoms with Crippen molar-refractivity contribution in [3.05, 3.63) is 16.1 Å². The average Bonchev–Trinajstić information content (AvgIpc) is 2.30. The van der Waals surface area contributed by atoms with Crippen molar-refractivity contribution in [3.8, 4) is 0 Å². The summed E-state index contributed by atoms with van der Waals surface area (Å²) in [6.45, 7) is 4.22. The minimum absolute atomic E-state index is 0.312. The SMILES string of the molecule is CC(N)C1CCN(c2ncncc2I)CC1. The van der Waals surface area contributed by atoms with Crippen molar-refractivity contribution in [1.29, 1.82) is 0 Å². The van der Waals surface area contributed by atoms with Gasteiger partial charge in [0.1, 0.15) is 12.1 Å². The quantitative estimate of drug-likeness (QED) is 0.837. The van der Waals surface area contributed by atoms with Crippen LogP contribution >= 0.6 is 22.6 Å². The van der Waals surface area contributed by atoms with Crippen molar-refractivity contribution in [1.82, 2.24) is 9.97 Å². The summed E-state index contributed by atoms with van der Waals surface area (Å²) in [4.78, 5) is 10.7. The predicted octanol–water partition coefficient (Wildman–Crippen LogP) is 1.64. The number of halogens is 1. The summed E-state index contributed by atoms with van der Waals surface area (Å²) in [6.07, 6.45) is 5.81. The zero-order chi connectivity index (χ0) is 11.5. The van der Waals surface area contributed by atoms with Crippen LogP contribution in [0.15, 0.2) is 12.5 Å². The lowest BCUT2D eigenvalue weighted by Crippen LogP contribution is -2.40. The zero-order valence-electron chi connectivity index (χ0n) is 9.43. The van der Waals surface area contributed by atoms with Gasteiger partial charge in [0.2, 0.25) is 0 Å². The number of rotatable bonds is 2. The fourth-order valence-corrected chi connectivity index (χ4v) is 2.82. The van der Waals surface area contributed by atoms with E-state index in [2.05, 4.69) is 44.4 Å². The summed E-state index contributed by atoms with van der Waals surface area (Å²) >= 11 is 2.29. The van der Waals surface area contributed by atoms with E-state index in [9.17, 15) is 0 Å². The molecule has 1 aromatic rings. The van der Waals surface area contributed by atoms with Gasteiger partial charge in [0.25, 0.3) is 0 Å². The highest BCUT2D eigenvalue weighted by Gasteiger charge is 2.23. The molecule has 0 aromatic carbocycles. The fraction of sp³-hybridized carbons (Fsp3) is 0.636. The minimum Gasteiger partial charge on any atom is -0.356 e. The Labute approximate surface area is 110 Å². The molecule has 0 bridgehead atoms. The van der Waals surface area contributed by atoms with E-state index in [1.54, 1.807) is 6.33 Å². The van der Waals surface area contributed by atoms with E-state index in [1.165, 1.54) is 0 Å². The summed E-state index contributed by atoms with van der Waals surface area (Å²) in [7, 11) is 0. The highest BCUT2D eigenvalue weighted by atomic mass is 127. The lowest BCUT2D eigenvalue weighted by Gasteiger charge is -2.34. The highest BCUT2D eigenvalue weighted by Crippen LogP contribution is 2.25. The van der Waals surface area contributed by atoms with Crippen LogP contribution < -0.4 is 10.6 Å². The van der Waals surface area contributed by atoms with Gasteiger partial charge < -0.3 is 10.6 Å². The Balaban J connectivity index is 2.02. The van der Waals surface area contributed by atoms with Gasteiger partial charge in [-0.1, -0.05) is 0 Å². The van der Waals surface area contributed by atoms with Gasteiger partial charge in [0.05, 0.1) is 3.57 Å². The molecule has 0 radical (unpaired) electrons. The first-order valence-electron chi connectivity index (χ1n) is 5.64. The minimum atomic E-state index is 0.312. The van der Waals surface area contributed by atoms with Crippen LogP contribution in [0.25, 0.3) is 0 Å². The van der Waals surface area contributed by atoms with Crippen LogP contribution in [0.1, 0.15) is 19.8 Å². The Hall–Kier alpha value is -0.430. The number of hydrogen-bond donors (Lipinski definition) is 1. The Bertz CT molecular complexity index is 348. The molecule has 1 unspecified atom stereocenters. The summed E-state index contributed by atoms with van der Waals surface area (Å²) in [5.41, 5.74) is 5.94. The highest BCUT2D eigenvalue weighted by molar-refractivity contribution is 14.1. The molecule has 1 aliphatic rings. The van der Waals surface area contributed by atoms with E-state index in [4.69, 9.17) is 5.73 Å². The molecular weight excluding hydrogens is 315 g/mol. The third kappa shape index (κ3) is 2.63. The normalized spacial score (nSPS) is 19.8. The Morgan fingerprint density at radius 1 is 1.50 bits per heavy atom. The maximum atomic E-state index is 5.94. The van der Waals surface area contributed by atoms with Crippen LogP contribution in [0.5, 0.6) is 0 Å². The Morgan fingerprint density at radius 3 is 2.75 bits per heavy atom. The molecule has 1 aliphatic heterocycles. The van der Waals surface area contributed by atoms with E-state index < -0.39 is 0 Å². The summed E-state index contributed by atoms with van der Waals surface area (Å²) in [6, 6.07) is 0.312. The molecule has 1 aromatic heterocycles. The number of hydrogen-bond acceptors (Lipinski definition) is 4. The maximum absolute atomic E-state index is 5.94. The van der Waals surface area contributed by atoms with Crippen molar-refractivity contribution < 1.29 is 0 Å². The number of nitrogens with zero attached hydrogens (tertiary/aromatic N) is 3. The zero-order valence-corrected chi connectivity index (χ0v) is 11.6. The monoisotopic (exact) mass is 332 g/mol. The van der Waals surface area contributed by atoms with Crippen LogP contribution in [0, 0.1) is 9.49 Å². The second kappa shape index (κ2) is 5.27. The lowest BCUT2D eigenvalue weighted by molar-refractivity contribution is 0.353. The second-order valence-corrected chi connectivity index (χ2v) is 5.54. The topological polar surface area (TPSA) is 55.0 Å². The summed E-state index contributed by atoms with van der Waals surface area (Å²) < 4.78 is 1.12. The van der Waals surface area contributed by atoms with Crippen LogP contribution in [0.3, 0.4) is 0 Å². The molecule has 0 aliphatic carbocycles. The van der Waals surface area contributed by atoms with E-state index in [-0.39, 0.29) is 0 Å². The largest absolute Gasteiger partial charge is 0.356 e. The first kappa shape index (κ1) is 12.0. The molecule has 0 amide bonds. The average molecular weight is 332 g/mol. The first-order valence-corrected chi connectivity index (χ1v) is 6.72. The number of aromatic nitrogens is 2. The van der Waals surface area contributed by atoms with Gasteiger partial charge in [-0.25, -0.2) is 9.97 Å². The van der Waals surface area contributed by atoms with E-state index >= 15 is 0 Å². The van der Waals surface area contributed by atoms with Gasteiger partial charge in [0.15, 0.2) is 0 Å². The fourth-order valence-electron chi connectivity index (χ4n) is 2.18. The number of nitrogens with two attached hydrogens (primary N) is 1. The van der Waals surface area contributed by atoms with Crippen molar-refractivity contribution in [2.45, 2.75) is 25.8 Å². The molecular formula is C11H17IN4. The molecule has 0 saturated carbocycles. The van der Waals surface area contributed by atoms with Gasteiger partial charge in [-0.05, 0) is 48.3 Å². The number of piperidine rings is 1. The lowest BCUT2D eigenvalue weighted by atomic mass is 9.91. The van der Waals surface area contributed by atoms with Crippen LogP contribution in [-0.2, 0) is 0 Å². The molecule has 88 valence electrons. The van der Waals surface area contributed by atoms with Gasteiger partial charge in [-0.15, -0.1) is 0 Å². The van der Waals surface area contributed by atoms with Crippen LogP contribution in [0.2, 0.25) is 0 Å².